The van der Waals surface area contributed by atoms with Crippen molar-refractivity contribution >= 4 is 11.6 Å². The number of nitro benzene ring substituents is 1. The predicted octanol–water partition coefficient (Wildman–Crippen LogP) is 2.21. The molecule has 0 amide bonds. The summed E-state index contributed by atoms with van der Waals surface area (Å²) in [6, 6.07) is 3.21. The predicted molar refractivity (Wildman–Crippen MR) is 64.3 cm³/mol. The Kier molecular flexibility index (Phi) is 3.23. The molecule has 0 saturated carbocycles. The molecule has 19 heavy (non-hydrogen) atoms. The Morgan fingerprint density at radius 2 is 2.21 bits per heavy atom. The third kappa shape index (κ3) is 2.73. The number of hydrogen-bond donors (Lipinski definition) is 1. The van der Waals surface area contributed by atoms with E-state index in [2.05, 4.69) is 9.97 Å². The summed E-state index contributed by atoms with van der Waals surface area (Å²) in [6.07, 6.45) is 1.46. The van der Waals surface area contributed by atoms with E-state index >= 15 is 0 Å². The third-order valence-corrected chi connectivity index (χ3v) is 2.27. The fourth-order valence-electron chi connectivity index (χ4n) is 1.35. The molecule has 0 aliphatic heterocycles. The maximum atomic E-state index is 13.4. The first-order chi connectivity index (χ1) is 8.97. The van der Waals surface area contributed by atoms with Gasteiger partial charge in [-0.3, -0.25) is 10.1 Å². The number of aromatic nitrogens is 2. The van der Waals surface area contributed by atoms with E-state index in [0.29, 0.717) is 5.56 Å². The van der Waals surface area contributed by atoms with Crippen LogP contribution in [-0.4, -0.2) is 14.9 Å². The maximum absolute atomic E-state index is 13.4. The van der Waals surface area contributed by atoms with E-state index in [1.165, 1.54) is 12.3 Å². The van der Waals surface area contributed by atoms with Gasteiger partial charge in [0.25, 0.3) is 0 Å². The molecule has 2 rings (SSSR count). The second-order valence-corrected chi connectivity index (χ2v) is 3.69. The van der Waals surface area contributed by atoms with Crippen molar-refractivity contribution in [1.82, 2.24) is 9.97 Å². The maximum Gasteiger partial charge on any atom is 0.305 e. The van der Waals surface area contributed by atoms with Crippen molar-refractivity contribution in [2.75, 3.05) is 5.73 Å². The smallest absolute Gasteiger partial charge is 0.305 e. The molecule has 0 aliphatic carbocycles. The minimum absolute atomic E-state index is 0.0167. The van der Waals surface area contributed by atoms with E-state index in [1.54, 1.807) is 6.92 Å². The molecule has 1 aromatic heterocycles. The molecule has 1 heterocycles. The summed E-state index contributed by atoms with van der Waals surface area (Å²) in [5.74, 6) is -0.713. The van der Waals surface area contributed by atoms with Gasteiger partial charge >= 0.3 is 5.69 Å². The molecule has 0 saturated heterocycles. The number of benzene rings is 1. The van der Waals surface area contributed by atoms with Crippen LogP contribution < -0.4 is 10.5 Å². The van der Waals surface area contributed by atoms with Crippen molar-refractivity contribution in [3.05, 3.63) is 45.9 Å². The largest absolute Gasteiger partial charge is 0.438 e. The van der Waals surface area contributed by atoms with Crippen molar-refractivity contribution < 1.29 is 14.1 Å². The Morgan fingerprint density at radius 3 is 2.84 bits per heavy atom. The average Bonchev–Trinajstić information content (AvgIpc) is 2.33. The van der Waals surface area contributed by atoms with Gasteiger partial charge < -0.3 is 10.5 Å². The van der Waals surface area contributed by atoms with Gasteiger partial charge in [-0.15, -0.1) is 0 Å². The first-order valence-electron chi connectivity index (χ1n) is 5.18. The second-order valence-electron chi connectivity index (χ2n) is 3.69. The minimum Gasteiger partial charge on any atom is -0.438 e. The highest BCUT2D eigenvalue weighted by Gasteiger charge is 2.15. The summed E-state index contributed by atoms with van der Waals surface area (Å²) in [5, 5.41) is 10.5. The quantitative estimate of drug-likeness (QED) is 0.673. The van der Waals surface area contributed by atoms with Crippen molar-refractivity contribution in [2.24, 2.45) is 0 Å². The lowest BCUT2D eigenvalue weighted by Gasteiger charge is -2.07. The van der Waals surface area contributed by atoms with Crippen molar-refractivity contribution in [3.63, 3.8) is 0 Å². The van der Waals surface area contributed by atoms with Crippen LogP contribution in [0.2, 0.25) is 0 Å². The molecule has 0 atom stereocenters. The number of hydrogen-bond acceptors (Lipinski definition) is 6. The second kappa shape index (κ2) is 4.84. The summed E-state index contributed by atoms with van der Waals surface area (Å²) >= 11 is 0. The molecule has 1 aromatic carbocycles. The molecule has 2 N–H and O–H groups in total. The molecular weight excluding hydrogens is 255 g/mol. The number of anilines is 1. The van der Waals surface area contributed by atoms with E-state index in [4.69, 9.17) is 10.5 Å². The van der Waals surface area contributed by atoms with Crippen LogP contribution in [0.25, 0.3) is 0 Å². The number of nitrogens with two attached hydrogens (primary N) is 1. The Bertz CT molecular complexity index is 648. The SMILES string of the molecule is Cc1cnc(N)nc1Oc1ccc([N+](=O)[O-])c(F)c1. The zero-order valence-electron chi connectivity index (χ0n) is 9.83. The Morgan fingerprint density at radius 1 is 1.47 bits per heavy atom. The molecule has 2 aromatic rings. The Labute approximate surface area is 107 Å². The summed E-state index contributed by atoms with van der Waals surface area (Å²) in [7, 11) is 0. The number of nitro groups is 1. The van der Waals surface area contributed by atoms with E-state index in [9.17, 15) is 14.5 Å². The monoisotopic (exact) mass is 264 g/mol. The molecule has 0 fully saturated rings. The van der Waals surface area contributed by atoms with Crippen LogP contribution in [0, 0.1) is 22.9 Å². The first-order valence-corrected chi connectivity index (χ1v) is 5.18. The van der Waals surface area contributed by atoms with Crippen LogP contribution in [0.4, 0.5) is 16.0 Å². The molecule has 7 nitrogen and oxygen atoms in total. The Hall–Kier alpha value is -2.77. The average molecular weight is 264 g/mol. The van der Waals surface area contributed by atoms with Gasteiger partial charge in [0.05, 0.1) is 4.92 Å². The molecule has 0 aliphatic rings. The zero-order chi connectivity index (χ0) is 14.0. The van der Waals surface area contributed by atoms with Gasteiger partial charge in [0.2, 0.25) is 17.6 Å². The number of nitrogens with zero attached hydrogens (tertiary/aromatic N) is 3. The van der Waals surface area contributed by atoms with Crippen LogP contribution in [0.5, 0.6) is 11.6 Å². The number of rotatable bonds is 3. The van der Waals surface area contributed by atoms with Crippen LogP contribution >= 0.6 is 0 Å². The summed E-state index contributed by atoms with van der Waals surface area (Å²) in [4.78, 5) is 17.3. The fraction of sp³-hybridized carbons (Fsp3) is 0.0909. The molecule has 98 valence electrons. The molecule has 0 bridgehead atoms. The van der Waals surface area contributed by atoms with Gasteiger partial charge in [0.15, 0.2) is 0 Å². The highest BCUT2D eigenvalue weighted by molar-refractivity contribution is 5.40. The molecule has 0 radical (unpaired) electrons. The van der Waals surface area contributed by atoms with Crippen LogP contribution in [-0.2, 0) is 0 Å². The summed E-state index contributed by atoms with van der Waals surface area (Å²) < 4.78 is 18.7. The van der Waals surface area contributed by atoms with Crippen molar-refractivity contribution in [2.45, 2.75) is 6.92 Å². The van der Waals surface area contributed by atoms with Crippen LogP contribution in [0.15, 0.2) is 24.4 Å². The van der Waals surface area contributed by atoms with Gasteiger partial charge in [-0.1, -0.05) is 0 Å². The number of aryl methyl sites for hydroxylation is 1. The highest BCUT2D eigenvalue weighted by atomic mass is 19.1. The lowest BCUT2D eigenvalue weighted by Crippen LogP contribution is -1.99. The van der Waals surface area contributed by atoms with Crippen molar-refractivity contribution in [1.29, 1.82) is 0 Å². The number of ether oxygens (including phenoxy) is 1. The van der Waals surface area contributed by atoms with Crippen LogP contribution in [0.3, 0.4) is 0 Å². The van der Waals surface area contributed by atoms with Gasteiger partial charge in [0, 0.05) is 23.9 Å². The number of nitrogen functional groups attached to an aromatic ring is 1. The summed E-state index contributed by atoms with van der Waals surface area (Å²) in [5.41, 5.74) is 5.39. The van der Waals surface area contributed by atoms with Gasteiger partial charge in [-0.2, -0.15) is 9.37 Å². The van der Waals surface area contributed by atoms with E-state index in [1.807, 2.05) is 0 Å². The topological polar surface area (TPSA) is 104 Å². The number of halogens is 1. The van der Waals surface area contributed by atoms with E-state index < -0.39 is 16.4 Å². The van der Waals surface area contributed by atoms with Gasteiger partial charge in [-0.25, -0.2) is 4.98 Å². The molecule has 0 spiro atoms. The molecular formula is C11H9FN4O3. The van der Waals surface area contributed by atoms with Crippen LogP contribution in [0.1, 0.15) is 5.56 Å². The van der Waals surface area contributed by atoms with Gasteiger partial charge in [-0.05, 0) is 13.0 Å². The van der Waals surface area contributed by atoms with Gasteiger partial charge in [0.1, 0.15) is 5.75 Å². The van der Waals surface area contributed by atoms with Crippen molar-refractivity contribution in [3.8, 4) is 11.6 Å². The third-order valence-electron chi connectivity index (χ3n) is 2.27. The summed E-state index contributed by atoms with van der Waals surface area (Å²) in [6.45, 7) is 1.69. The minimum atomic E-state index is -0.984. The normalized spacial score (nSPS) is 10.2. The standard InChI is InChI=1S/C11H9FN4O3/c1-6-5-14-11(13)15-10(6)19-7-2-3-9(16(17)18)8(12)4-7/h2-5H,1H3,(H2,13,14,15). The van der Waals surface area contributed by atoms with E-state index in [-0.39, 0.29) is 17.6 Å². The Balaban J connectivity index is 2.31. The fourth-order valence-corrected chi connectivity index (χ4v) is 1.35. The lowest BCUT2D eigenvalue weighted by molar-refractivity contribution is -0.387. The molecule has 8 heteroatoms. The lowest BCUT2D eigenvalue weighted by atomic mass is 10.3. The molecule has 0 unspecified atom stereocenters. The zero-order valence-corrected chi connectivity index (χ0v) is 9.83. The highest BCUT2D eigenvalue weighted by Crippen LogP contribution is 2.27. The first kappa shape index (κ1) is 12.7. The van der Waals surface area contributed by atoms with E-state index in [0.717, 1.165) is 12.1 Å².